The predicted molar refractivity (Wildman–Crippen MR) is 104 cm³/mol. The molecule has 2 heterocycles. The van der Waals surface area contributed by atoms with Crippen molar-refractivity contribution < 1.29 is 22.7 Å². The minimum Gasteiger partial charge on any atom is -0.489 e. The number of halogens is 1. The Bertz CT molecular complexity index is 796. The number of benzene rings is 1. The van der Waals surface area contributed by atoms with Gasteiger partial charge in [-0.15, -0.1) is 0 Å². The van der Waals surface area contributed by atoms with Crippen LogP contribution in [0.4, 0.5) is 0 Å². The third-order valence-electron chi connectivity index (χ3n) is 5.01. The van der Waals surface area contributed by atoms with E-state index in [1.54, 1.807) is 17.0 Å². The lowest BCUT2D eigenvalue weighted by Crippen LogP contribution is -2.45. The highest BCUT2D eigenvalue weighted by atomic mass is 35.5. The van der Waals surface area contributed by atoms with E-state index in [1.165, 1.54) is 0 Å². The molecule has 0 radical (unpaired) electrons. The van der Waals surface area contributed by atoms with Crippen LogP contribution < -0.4 is 9.47 Å². The number of hydrogen-bond acceptors (Lipinski definition) is 5. The van der Waals surface area contributed by atoms with Crippen LogP contribution in [0.15, 0.2) is 12.1 Å². The quantitative estimate of drug-likeness (QED) is 0.738. The number of piperidine rings is 1. The number of carbonyl (C=O) groups is 1. The van der Waals surface area contributed by atoms with E-state index >= 15 is 0 Å². The standard InChI is InChI=1S/C19H26ClNO5S/c1-2-15-6-3-4-7-21(15)18(22)13-27(23,24)12-14-10-16(20)19-17(11-14)25-8-5-9-26-19/h10-11,15H,2-9,12-13H2,1H3/t15-/m0/s1. The third-order valence-corrected chi connectivity index (χ3v) is 6.75. The SMILES string of the molecule is CC[C@H]1CCCCN1C(=O)CS(=O)(=O)Cc1cc(Cl)c2c(c1)OCCCO2. The second-order valence-corrected chi connectivity index (χ2v) is 9.60. The molecule has 150 valence electrons. The zero-order valence-electron chi connectivity index (χ0n) is 15.6. The molecule has 1 fully saturated rings. The van der Waals surface area contributed by atoms with Crippen molar-refractivity contribution >= 4 is 27.3 Å². The molecule has 1 atom stereocenters. The van der Waals surface area contributed by atoms with Gasteiger partial charge in [0, 0.05) is 19.0 Å². The number of sulfone groups is 1. The van der Waals surface area contributed by atoms with Crippen molar-refractivity contribution in [2.45, 2.75) is 50.8 Å². The van der Waals surface area contributed by atoms with Gasteiger partial charge in [-0.1, -0.05) is 18.5 Å². The van der Waals surface area contributed by atoms with E-state index in [4.69, 9.17) is 21.1 Å². The zero-order valence-corrected chi connectivity index (χ0v) is 17.2. The first-order chi connectivity index (χ1) is 12.9. The van der Waals surface area contributed by atoms with Crippen molar-refractivity contribution in [1.29, 1.82) is 0 Å². The Labute approximate surface area is 165 Å². The van der Waals surface area contributed by atoms with E-state index < -0.39 is 15.6 Å². The lowest BCUT2D eigenvalue weighted by Gasteiger charge is -2.35. The highest BCUT2D eigenvalue weighted by Crippen LogP contribution is 2.38. The van der Waals surface area contributed by atoms with Crippen LogP contribution in [-0.2, 0) is 20.4 Å². The normalized spacial score (nSPS) is 20.2. The second kappa shape index (κ2) is 8.69. The van der Waals surface area contributed by atoms with Crippen molar-refractivity contribution in [2.75, 3.05) is 25.5 Å². The maximum Gasteiger partial charge on any atom is 0.238 e. The Hall–Kier alpha value is -1.47. The summed E-state index contributed by atoms with van der Waals surface area (Å²) in [7, 11) is -3.61. The number of nitrogens with zero attached hydrogens (tertiary/aromatic N) is 1. The number of hydrogen-bond donors (Lipinski definition) is 0. The Morgan fingerprint density at radius 1 is 1.22 bits per heavy atom. The molecule has 0 spiro atoms. The van der Waals surface area contributed by atoms with Crippen LogP contribution in [-0.4, -0.2) is 50.8 Å². The van der Waals surface area contributed by atoms with Gasteiger partial charge in [0.05, 0.1) is 24.0 Å². The largest absolute Gasteiger partial charge is 0.489 e. The molecular formula is C19H26ClNO5S. The van der Waals surface area contributed by atoms with Gasteiger partial charge in [0.15, 0.2) is 21.3 Å². The third kappa shape index (κ3) is 5.08. The average molecular weight is 416 g/mol. The Morgan fingerprint density at radius 2 is 2.00 bits per heavy atom. The second-order valence-electron chi connectivity index (χ2n) is 7.13. The average Bonchev–Trinajstić information content (AvgIpc) is 2.86. The molecule has 27 heavy (non-hydrogen) atoms. The Kier molecular flexibility index (Phi) is 6.52. The molecule has 0 aromatic heterocycles. The number of ether oxygens (including phenoxy) is 2. The minimum atomic E-state index is -3.61. The molecule has 6 nitrogen and oxygen atoms in total. The summed E-state index contributed by atoms with van der Waals surface area (Å²) in [4.78, 5) is 14.3. The van der Waals surface area contributed by atoms with Crippen LogP contribution in [0, 0.1) is 0 Å². The van der Waals surface area contributed by atoms with Crippen LogP contribution in [0.25, 0.3) is 0 Å². The molecule has 8 heteroatoms. The summed E-state index contributed by atoms with van der Waals surface area (Å²) >= 11 is 6.24. The van der Waals surface area contributed by atoms with Gasteiger partial charge >= 0.3 is 0 Å². The van der Waals surface area contributed by atoms with Crippen molar-refractivity contribution in [3.8, 4) is 11.5 Å². The molecule has 1 aromatic carbocycles. The fourth-order valence-electron chi connectivity index (χ4n) is 3.70. The molecule has 1 saturated heterocycles. The van der Waals surface area contributed by atoms with Crippen LogP contribution in [0.2, 0.25) is 5.02 Å². The van der Waals surface area contributed by atoms with Gasteiger partial charge in [0.2, 0.25) is 5.91 Å². The summed E-state index contributed by atoms with van der Waals surface area (Å²) in [5.41, 5.74) is 0.503. The highest BCUT2D eigenvalue weighted by Gasteiger charge is 2.29. The first-order valence-corrected chi connectivity index (χ1v) is 11.7. The van der Waals surface area contributed by atoms with E-state index in [0.29, 0.717) is 41.8 Å². The molecule has 2 aliphatic rings. The lowest BCUT2D eigenvalue weighted by atomic mass is 10.0. The summed E-state index contributed by atoms with van der Waals surface area (Å²) in [6.45, 7) is 3.67. The summed E-state index contributed by atoms with van der Waals surface area (Å²) in [5, 5.41) is 0.327. The molecular weight excluding hydrogens is 390 g/mol. The van der Waals surface area contributed by atoms with Gasteiger partial charge in [-0.05, 0) is 43.4 Å². The van der Waals surface area contributed by atoms with E-state index in [2.05, 4.69) is 0 Å². The summed E-state index contributed by atoms with van der Waals surface area (Å²) in [5.74, 6) is -0.124. The molecule has 0 unspecified atom stereocenters. The van der Waals surface area contributed by atoms with Crippen LogP contribution in [0.1, 0.15) is 44.6 Å². The highest BCUT2D eigenvalue weighted by molar-refractivity contribution is 7.91. The van der Waals surface area contributed by atoms with Gasteiger partial charge in [0.1, 0.15) is 5.75 Å². The minimum absolute atomic E-state index is 0.147. The molecule has 0 bridgehead atoms. The lowest BCUT2D eigenvalue weighted by molar-refractivity contribution is -0.132. The first-order valence-electron chi connectivity index (χ1n) is 9.47. The van der Waals surface area contributed by atoms with Crippen LogP contribution in [0.3, 0.4) is 0 Å². The smallest absolute Gasteiger partial charge is 0.238 e. The number of amides is 1. The Morgan fingerprint density at radius 3 is 2.78 bits per heavy atom. The summed E-state index contributed by atoms with van der Waals surface area (Å²) < 4.78 is 36.4. The van der Waals surface area contributed by atoms with Crippen molar-refractivity contribution in [3.63, 3.8) is 0 Å². The number of rotatable bonds is 5. The number of carbonyl (C=O) groups excluding carboxylic acids is 1. The molecule has 2 aliphatic heterocycles. The van der Waals surface area contributed by atoms with Gasteiger partial charge in [0.25, 0.3) is 0 Å². The first kappa shape index (κ1) is 20.3. The molecule has 1 aromatic rings. The fraction of sp³-hybridized carbons (Fsp3) is 0.632. The molecule has 0 N–H and O–H groups in total. The van der Waals surface area contributed by atoms with Gasteiger partial charge in [-0.25, -0.2) is 8.42 Å². The van der Waals surface area contributed by atoms with Crippen molar-refractivity contribution in [2.24, 2.45) is 0 Å². The zero-order chi connectivity index (χ0) is 19.4. The predicted octanol–water partition coefficient (Wildman–Crippen LogP) is 3.21. The van der Waals surface area contributed by atoms with Crippen LogP contribution in [0.5, 0.6) is 11.5 Å². The van der Waals surface area contributed by atoms with Crippen LogP contribution >= 0.6 is 11.6 Å². The topological polar surface area (TPSA) is 72.9 Å². The number of fused-ring (bicyclic) bond motifs is 1. The Balaban J connectivity index is 1.72. The maximum absolute atomic E-state index is 12.6. The van der Waals surface area contributed by atoms with E-state index in [9.17, 15) is 13.2 Å². The maximum atomic E-state index is 12.6. The molecule has 0 saturated carbocycles. The van der Waals surface area contributed by atoms with Gasteiger partial charge in [-0.3, -0.25) is 4.79 Å². The van der Waals surface area contributed by atoms with E-state index in [-0.39, 0.29) is 17.7 Å². The monoisotopic (exact) mass is 415 g/mol. The van der Waals surface area contributed by atoms with Crippen molar-refractivity contribution in [1.82, 2.24) is 4.90 Å². The van der Waals surface area contributed by atoms with Gasteiger partial charge < -0.3 is 14.4 Å². The molecule has 0 aliphatic carbocycles. The van der Waals surface area contributed by atoms with Gasteiger partial charge in [-0.2, -0.15) is 0 Å². The van der Waals surface area contributed by atoms with E-state index in [0.717, 1.165) is 32.1 Å². The van der Waals surface area contributed by atoms with E-state index in [1.807, 2.05) is 6.92 Å². The van der Waals surface area contributed by atoms with Crippen molar-refractivity contribution in [3.05, 3.63) is 22.7 Å². The fourth-order valence-corrected chi connectivity index (χ4v) is 5.30. The molecule has 1 amide bonds. The summed E-state index contributed by atoms with van der Waals surface area (Å²) in [6.07, 6.45) is 4.55. The number of likely N-dealkylation sites (tertiary alicyclic amines) is 1. The summed E-state index contributed by atoms with van der Waals surface area (Å²) in [6, 6.07) is 3.37. The molecule has 3 rings (SSSR count).